The van der Waals surface area contributed by atoms with Crippen LogP contribution in [-0.2, 0) is 16.5 Å². The minimum Gasteiger partial charge on any atom is -0.375 e. The van der Waals surface area contributed by atoms with Crippen molar-refractivity contribution in [1.82, 2.24) is 3.97 Å². The van der Waals surface area contributed by atoms with E-state index in [1.54, 1.807) is 10.0 Å². The molecule has 2 aromatic rings. The van der Waals surface area contributed by atoms with E-state index >= 15 is 0 Å². The number of hydrogen-bond acceptors (Lipinski definition) is 4. The first kappa shape index (κ1) is 17.5. The molecule has 0 unspecified atom stereocenters. The predicted octanol–water partition coefficient (Wildman–Crippen LogP) is 4.28. The van der Waals surface area contributed by atoms with Crippen molar-refractivity contribution in [2.45, 2.75) is 25.3 Å². The zero-order valence-electron chi connectivity index (χ0n) is 11.2. The van der Waals surface area contributed by atoms with Crippen molar-refractivity contribution in [2.24, 2.45) is 0 Å². The van der Waals surface area contributed by atoms with Crippen LogP contribution in [-0.4, -0.2) is 17.9 Å². The van der Waals surface area contributed by atoms with Gasteiger partial charge in [0, 0.05) is 11.1 Å². The van der Waals surface area contributed by atoms with Crippen molar-refractivity contribution in [1.29, 1.82) is 0 Å². The summed E-state index contributed by atoms with van der Waals surface area (Å²) in [7, 11) is -5.71. The third-order valence-corrected chi connectivity index (χ3v) is 5.18. The minimum absolute atomic E-state index is 0.128. The van der Waals surface area contributed by atoms with Crippen LogP contribution in [0.4, 0.5) is 13.2 Å². The second-order valence-corrected chi connectivity index (χ2v) is 7.22. The van der Waals surface area contributed by atoms with Gasteiger partial charge in [-0.05, 0) is 40.5 Å². The van der Waals surface area contributed by atoms with Gasteiger partial charge in [0.1, 0.15) is 0 Å². The Kier molecular flexibility index (Phi) is 4.74. The van der Waals surface area contributed by atoms with E-state index in [1.165, 1.54) is 6.07 Å². The number of alkyl halides is 3. The lowest BCUT2D eigenvalue weighted by atomic mass is 10.2. The van der Waals surface area contributed by atoms with Crippen LogP contribution in [0, 0.1) is 0 Å². The molecule has 10 heteroatoms. The topological polar surface area (TPSA) is 48.3 Å². The van der Waals surface area contributed by atoms with E-state index in [4.69, 9.17) is 0 Å². The SMILES string of the molecule is CCCc1cc2c(Br)c(OS(=O)(=O)C(F)(F)F)ccc2n1S. The first-order chi connectivity index (χ1) is 10.1. The Morgan fingerprint density at radius 1 is 1.36 bits per heavy atom. The quantitative estimate of drug-likeness (QED) is 0.458. The van der Waals surface area contributed by atoms with Gasteiger partial charge in [-0.3, -0.25) is 3.97 Å². The van der Waals surface area contributed by atoms with Gasteiger partial charge < -0.3 is 4.18 Å². The molecule has 22 heavy (non-hydrogen) atoms. The monoisotopic (exact) mass is 417 g/mol. The molecule has 4 nitrogen and oxygen atoms in total. The van der Waals surface area contributed by atoms with E-state index in [0.29, 0.717) is 10.9 Å². The Bertz CT molecular complexity index is 815. The van der Waals surface area contributed by atoms with Crippen molar-refractivity contribution >= 4 is 49.8 Å². The van der Waals surface area contributed by atoms with Gasteiger partial charge in [0.15, 0.2) is 5.75 Å². The van der Waals surface area contributed by atoms with Crippen LogP contribution in [0.2, 0.25) is 0 Å². The van der Waals surface area contributed by atoms with Crippen molar-refractivity contribution < 1.29 is 25.8 Å². The summed E-state index contributed by atoms with van der Waals surface area (Å²) in [5.41, 5.74) is -3.99. The molecule has 0 spiro atoms. The molecule has 0 bridgehead atoms. The van der Waals surface area contributed by atoms with Crippen LogP contribution in [0.25, 0.3) is 10.9 Å². The van der Waals surface area contributed by atoms with E-state index < -0.39 is 21.4 Å². The van der Waals surface area contributed by atoms with Crippen LogP contribution in [0.5, 0.6) is 5.75 Å². The molecule has 0 saturated carbocycles. The number of fused-ring (bicyclic) bond motifs is 1. The van der Waals surface area contributed by atoms with E-state index in [2.05, 4.69) is 32.9 Å². The Morgan fingerprint density at radius 3 is 2.55 bits per heavy atom. The van der Waals surface area contributed by atoms with Crippen LogP contribution in [0.15, 0.2) is 22.7 Å². The third-order valence-electron chi connectivity index (χ3n) is 2.92. The highest BCUT2D eigenvalue weighted by atomic mass is 79.9. The molecule has 1 aromatic carbocycles. The Hall–Kier alpha value is -0.870. The van der Waals surface area contributed by atoms with Gasteiger partial charge in [-0.1, -0.05) is 26.2 Å². The second kappa shape index (κ2) is 5.97. The predicted molar refractivity (Wildman–Crippen MR) is 83.6 cm³/mol. The summed E-state index contributed by atoms with van der Waals surface area (Å²) in [5, 5.41) is 0.522. The lowest BCUT2D eigenvalue weighted by Crippen LogP contribution is -2.28. The Morgan fingerprint density at radius 2 is 2.00 bits per heavy atom. The lowest BCUT2D eigenvalue weighted by molar-refractivity contribution is -0.0500. The Balaban J connectivity index is 2.52. The molecule has 0 N–H and O–H groups in total. The zero-order valence-corrected chi connectivity index (χ0v) is 14.5. The van der Waals surface area contributed by atoms with Crippen LogP contribution < -0.4 is 4.18 Å². The average Bonchev–Trinajstić information content (AvgIpc) is 2.70. The molecule has 0 fully saturated rings. The molecule has 0 amide bonds. The number of thiol groups is 1. The van der Waals surface area contributed by atoms with E-state index in [0.717, 1.165) is 24.6 Å². The smallest absolute Gasteiger partial charge is 0.375 e. The molecule has 2 rings (SSSR count). The second-order valence-electron chi connectivity index (χ2n) is 4.49. The molecule has 0 aliphatic rings. The van der Waals surface area contributed by atoms with Gasteiger partial charge in [0.2, 0.25) is 0 Å². The largest absolute Gasteiger partial charge is 0.534 e. The van der Waals surface area contributed by atoms with Gasteiger partial charge >= 0.3 is 15.6 Å². The van der Waals surface area contributed by atoms with E-state index in [9.17, 15) is 21.6 Å². The molecular weight excluding hydrogens is 407 g/mol. The summed E-state index contributed by atoms with van der Waals surface area (Å²) in [6.07, 6.45) is 1.59. The number of rotatable bonds is 4. The number of hydrogen-bond donors (Lipinski definition) is 1. The summed E-state index contributed by atoms with van der Waals surface area (Å²) in [6.45, 7) is 1.98. The lowest BCUT2D eigenvalue weighted by Gasteiger charge is -2.11. The Labute approximate surface area is 139 Å². The fraction of sp³-hybridized carbons (Fsp3) is 0.333. The van der Waals surface area contributed by atoms with Gasteiger partial charge in [-0.15, -0.1) is 0 Å². The molecule has 1 heterocycles. The maximum absolute atomic E-state index is 12.4. The fourth-order valence-corrected chi connectivity index (χ4v) is 3.37. The molecule has 0 saturated heterocycles. The zero-order chi connectivity index (χ0) is 16.7. The highest BCUT2D eigenvalue weighted by molar-refractivity contribution is 9.10. The van der Waals surface area contributed by atoms with E-state index in [1.807, 2.05) is 6.92 Å². The van der Waals surface area contributed by atoms with Crippen molar-refractivity contribution in [3.05, 3.63) is 28.4 Å². The first-order valence-corrected chi connectivity index (χ1v) is 8.71. The van der Waals surface area contributed by atoms with Gasteiger partial charge in [0.05, 0.1) is 9.99 Å². The average molecular weight is 418 g/mol. The van der Waals surface area contributed by atoms with Crippen molar-refractivity contribution in [3.8, 4) is 5.75 Å². The van der Waals surface area contributed by atoms with Crippen LogP contribution in [0.3, 0.4) is 0 Å². The van der Waals surface area contributed by atoms with Crippen LogP contribution in [0.1, 0.15) is 19.0 Å². The minimum atomic E-state index is -5.71. The number of halogens is 4. The van der Waals surface area contributed by atoms with Gasteiger partial charge in [-0.25, -0.2) is 0 Å². The number of aryl methyl sites for hydroxylation is 1. The molecule has 0 aliphatic heterocycles. The highest BCUT2D eigenvalue weighted by Crippen LogP contribution is 2.38. The van der Waals surface area contributed by atoms with Crippen molar-refractivity contribution in [2.75, 3.05) is 0 Å². The number of nitrogens with zero attached hydrogens (tertiary/aromatic N) is 1. The standard InChI is InChI=1S/C12H11BrF3NO3S2/c1-2-3-7-6-8-9(17(7)21)4-5-10(11(8)13)20-22(18,19)12(14,15)16/h4-6,21H,2-3H2,1H3. The maximum Gasteiger partial charge on any atom is 0.534 e. The first-order valence-electron chi connectivity index (χ1n) is 6.11. The summed E-state index contributed by atoms with van der Waals surface area (Å²) < 4.78 is 65.3. The molecule has 0 radical (unpaired) electrons. The number of benzene rings is 1. The molecule has 0 atom stereocenters. The molecular formula is C12H11BrF3NO3S2. The van der Waals surface area contributed by atoms with E-state index in [-0.39, 0.29) is 4.47 Å². The summed E-state index contributed by atoms with van der Waals surface area (Å²) in [6, 6.07) is 4.33. The highest BCUT2D eigenvalue weighted by Gasteiger charge is 2.48. The maximum atomic E-state index is 12.4. The normalized spacial score (nSPS) is 12.8. The fourth-order valence-electron chi connectivity index (χ4n) is 1.93. The van der Waals surface area contributed by atoms with Gasteiger partial charge in [-0.2, -0.15) is 21.6 Å². The summed E-state index contributed by atoms with van der Waals surface area (Å²) >= 11 is 7.42. The number of aromatic nitrogens is 1. The molecule has 0 aliphatic carbocycles. The van der Waals surface area contributed by atoms with Crippen LogP contribution >= 0.6 is 28.7 Å². The molecule has 122 valence electrons. The molecule has 1 aromatic heterocycles. The third kappa shape index (κ3) is 3.09. The van der Waals surface area contributed by atoms with Gasteiger partial charge in [0.25, 0.3) is 0 Å². The summed E-state index contributed by atoms with van der Waals surface area (Å²) in [4.78, 5) is 0. The summed E-state index contributed by atoms with van der Waals surface area (Å²) in [5.74, 6) is -0.424. The van der Waals surface area contributed by atoms with Crippen molar-refractivity contribution in [3.63, 3.8) is 0 Å².